The molecule has 1 amide bonds. The molecule has 1 aromatic rings. The van der Waals surface area contributed by atoms with Gasteiger partial charge in [0.05, 0.1) is 16.6 Å². The first kappa shape index (κ1) is 17.3. The quantitative estimate of drug-likeness (QED) is 0.472. The average molecular weight is 292 g/mol. The van der Waals surface area contributed by atoms with Crippen molar-refractivity contribution in [3.05, 3.63) is 39.7 Å². The fourth-order valence-corrected chi connectivity index (χ4v) is 1.36. The number of halogens is 2. The molecule has 2 N–H and O–H groups in total. The zero-order valence-corrected chi connectivity index (χ0v) is 11.1. The van der Waals surface area contributed by atoms with Crippen molar-refractivity contribution >= 4 is 24.0 Å². The molecule has 106 valence electrons. The molecule has 0 aliphatic carbocycles. The van der Waals surface area contributed by atoms with E-state index >= 15 is 0 Å². The van der Waals surface area contributed by atoms with Gasteiger partial charge in [0.2, 0.25) is 0 Å². The molecule has 8 heteroatoms. The van der Waals surface area contributed by atoms with Crippen molar-refractivity contribution < 1.29 is 14.1 Å². The number of nitrogens with zero attached hydrogens (tertiary/aromatic N) is 1. The van der Waals surface area contributed by atoms with Gasteiger partial charge in [-0.2, -0.15) is 0 Å². The van der Waals surface area contributed by atoms with Crippen LogP contribution >= 0.6 is 12.4 Å². The van der Waals surface area contributed by atoms with E-state index in [2.05, 4.69) is 10.6 Å². The number of hydrogen-bond acceptors (Lipinski definition) is 4. The third-order valence-corrected chi connectivity index (χ3v) is 2.30. The molecular formula is C11H15ClFN3O3. The van der Waals surface area contributed by atoms with E-state index in [1.54, 1.807) is 7.05 Å². The van der Waals surface area contributed by atoms with Crippen LogP contribution < -0.4 is 10.6 Å². The third-order valence-electron chi connectivity index (χ3n) is 2.30. The zero-order valence-electron chi connectivity index (χ0n) is 10.3. The number of nitro benzene ring substituents is 1. The second kappa shape index (κ2) is 8.39. The van der Waals surface area contributed by atoms with Crippen molar-refractivity contribution in [2.75, 3.05) is 20.1 Å². The Labute approximate surface area is 115 Å². The van der Waals surface area contributed by atoms with Gasteiger partial charge in [0, 0.05) is 12.6 Å². The Morgan fingerprint density at radius 3 is 2.63 bits per heavy atom. The topological polar surface area (TPSA) is 84.3 Å². The molecule has 0 radical (unpaired) electrons. The van der Waals surface area contributed by atoms with E-state index in [0.717, 1.165) is 31.2 Å². The molecule has 0 bridgehead atoms. The van der Waals surface area contributed by atoms with E-state index in [1.165, 1.54) is 0 Å². The molecule has 0 aliphatic rings. The van der Waals surface area contributed by atoms with Crippen LogP contribution in [-0.4, -0.2) is 31.0 Å². The highest BCUT2D eigenvalue weighted by Gasteiger charge is 2.15. The van der Waals surface area contributed by atoms with Crippen molar-refractivity contribution in [3.8, 4) is 0 Å². The summed E-state index contributed by atoms with van der Waals surface area (Å²) in [6.45, 7) is 1.15. The van der Waals surface area contributed by atoms with E-state index in [1.807, 2.05) is 0 Å². The molecule has 0 aromatic heterocycles. The van der Waals surface area contributed by atoms with Crippen LogP contribution in [0.3, 0.4) is 0 Å². The Morgan fingerprint density at radius 1 is 1.42 bits per heavy atom. The van der Waals surface area contributed by atoms with Gasteiger partial charge in [0.15, 0.2) is 0 Å². The van der Waals surface area contributed by atoms with Crippen molar-refractivity contribution in [1.29, 1.82) is 0 Å². The Hall–Kier alpha value is -1.73. The Bertz CT molecular complexity index is 457. The lowest BCUT2D eigenvalue weighted by Gasteiger charge is -2.05. The monoisotopic (exact) mass is 291 g/mol. The van der Waals surface area contributed by atoms with Gasteiger partial charge in [-0.25, -0.2) is 4.39 Å². The van der Waals surface area contributed by atoms with E-state index in [-0.39, 0.29) is 23.7 Å². The van der Waals surface area contributed by atoms with Gasteiger partial charge in [-0.3, -0.25) is 14.9 Å². The van der Waals surface area contributed by atoms with Gasteiger partial charge in [-0.05, 0) is 26.1 Å². The maximum absolute atomic E-state index is 13.5. The molecule has 0 fully saturated rings. The third kappa shape index (κ3) is 5.19. The highest BCUT2D eigenvalue weighted by atomic mass is 35.5. The maximum atomic E-state index is 13.5. The summed E-state index contributed by atoms with van der Waals surface area (Å²) in [6.07, 6.45) is 0.719. The van der Waals surface area contributed by atoms with Gasteiger partial charge < -0.3 is 10.6 Å². The summed E-state index contributed by atoms with van der Waals surface area (Å²) in [7, 11) is 1.79. The van der Waals surface area contributed by atoms with Crippen molar-refractivity contribution in [3.63, 3.8) is 0 Å². The van der Waals surface area contributed by atoms with Crippen LogP contribution in [-0.2, 0) is 0 Å². The van der Waals surface area contributed by atoms with Crippen molar-refractivity contribution in [2.24, 2.45) is 0 Å². The predicted octanol–water partition coefficient (Wildman–Crippen LogP) is 1.49. The van der Waals surface area contributed by atoms with Crippen LogP contribution in [0.25, 0.3) is 0 Å². The molecule has 0 heterocycles. The van der Waals surface area contributed by atoms with Crippen LogP contribution in [0.4, 0.5) is 10.1 Å². The number of nitrogens with one attached hydrogen (secondary N) is 2. The summed E-state index contributed by atoms with van der Waals surface area (Å²) >= 11 is 0. The van der Waals surface area contributed by atoms with Gasteiger partial charge in [-0.15, -0.1) is 12.4 Å². The van der Waals surface area contributed by atoms with Crippen molar-refractivity contribution in [2.45, 2.75) is 6.42 Å². The molecule has 19 heavy (non-hydrogen) atoms. The second-order valence-electron chi connectivity index (χ2n) is 3.63. The lowest BCUT2D eigenvalue weighted by molar-refractivity contribution is -0.385. The minimum atomic E-state index is -0.893. The second-order valence-corrected chi connectivity index (χ2v) is 3.63. The van der Waals surface area contributed by atoms with Crippen LogP contribution in [0.2, 0.25) is 0 Å². The molecular weight excluding hydrogens is 277 g/mol. The summed E-state index contributed by atoms with van der Waals surface area (Å²) in [6, 6.07) is 2.95. The molecule has 0 atom stereocenters. The highest BCUT2D eigenvalue weighted by Crippen LogP contribution is 2.16. The predicted molar refractivity (Wildman–Crippen MR) is 71.2 cm³/mol. The van der Waals surface area contributed by atoms with Crippen molar-refractivity contribution in [1.82, 2.24) is 10.6 Å². The lowest BCUT2D eigenvalue weighted by Crippen LogP contribution is -2.27. The fourth-order valence-electron chi connectivity index (χ4n) is 1.36. The minimum absolute atomic E-state index is 0. The number of amides is 1. The summed E-state index contributed by atoms with van der Waals surface area (Å²) in [4.78, 5) is 21.3. The molecule has 1 aromatic carbocycles. The number of rotatable bonds is 6. The van der Waals surface area contributed by atoms with E-state index in [0.29, 0.717) is 6.54 Å². The van der Waals surface area contributed by atoms with E-state index < -0.39 is 16.6 Å². The summed E-state index contributed by atoms with van der Waals surface area (Å²) in [5.74, 6) is -1.46. The Morgan fingerprint density at radius 2 is 2.11 bits per heavy atom. The lowest BCUT2D eigenvalue weighted by atomic mass is 10.2. The van der Waals surface area contributed by atoms with Gasteiger partial charge in [0.25, 0.3) is 11.6 Å². The van der Waals surface area contributed by atoms with Crippen LogP contribution in [0.1, 0.15) is 16.8 Å². The van der Waals surface area contributed by atoms with Gasteiger partial charge >= 0.3 is 0 Å². The SMILES string of the molecule is CNCCCNC(=O)c1ccc([N+](=O)[O-])cc1F.Cl. The number of benzene rings is 1. The Kier molecular flexibility index (Phi) is 7.62. The zero-order chi connectivity index (χ0) is 13.5. The largest absolute Gasteiger partial charge is 0.352 e. The number of hydrogen-bond donors (Lipinski definition) is 2. The van der Waals surface area contributed by atoms with Gasteiger partial charge in [0.1, 0.15) is 5.82 Å². The molecule has 0 spiro atoms. The van der Waals surface area contributed by atoms with Gasteiger partial charge in [-0.1, -0.05) is 0 Å². The first-order chi connectivity index (χ1) is 8.56. The molecule has 6 nitrogen and oxygen atoms in total. The molecule has 0 saturated heterocycles. The number of carbonyl (C=O) groups is 1. The smallest absolute Gasteiger partial charge is 0.272 e. The first-order valence-corrected chi connectivity index (χ1v) is 5.43. The van der Waals surface area contributed by atoms with Crippen LogP contribution in [0, 0.1) is 15.9 Å². The summed E-state index contributed by atoms with van der Waals surface area (Å²) in [5.41, 5.74) is -0.565. The summed E-state index contributed by atoms with van der Waals surface area (Å²) in [5, 5.41) is 15.9. The molecule has 0 aliphatic heterocycles. The summed E-state index contributed by atoms with van der Waals surface area (Å²) < 4.78 is 13.5. The average Bonchev–Trinajstić information content (AvgIpc) is 2.34. The molecule has 0 unspecified atom stereocenters. The maximum Gasteiger partial charge on any atom is 0.272 e. The van der Waals surface area contributed by atoms with Crippen LogP contribution in [0.15, 0.2) is 18.2 Å². The first-order valence-electron chi connectivity index (χ1n) is 5.43. The number of carbonyl (C=O) groups excluding carboxylic acids is 1. The highest BCUT2D eigenvalue weighted by molar-refractivity contribution is 5.94. The fraction of sp³-hybridized carbons (Fsp3) is 0.364. The Balaban J connectivity index is 0.00000324. The normalized spacial score (nSPS) is 9.58. The number of nitro groups is 1. The molecule has 1 rings (SSSR count). The number of non-ortho nitro benzene ring substituents is 1. The molecule has 0 saturated carbocycles. The minimum Gasteiger partial charge on any atom is -0.352 e. The standard InChI is InChI=1S/C11H14FN3O3.ClH/c1-13-5-2-6-14-11(16)9-4-3-8(15(17)18)7-10(9)12;/h3-4,7,13H,2,5-6H2,1H3,(H,14,16);1H. The van der Waals surface area contributed by atoms with Crippen LogP contribution in [0.5, 0.6) is 0 Å². The van der Waals surface area contributed by atoms with E-state index in [9.17, 15) is 19.3 Å². The van der Waals surface area contributed by atoms with E-state index in [4.69, 9.17) is 0 Å².